The molecule has 116 valence electrons. The first-order valence-corrected chi connectivity index (χ1v) is 8.61. The van der Waals surface area contributed by atoms with Crippen molar-refractivity contribution < 1.29 is 9.53 Å². The Morgan fingerprint density at radius 2 is 2.30 bits per heavy atom. The number of ether oxygens (including phenoxy) is 1. The van der Waals surface area contributed by atoms with Crippen LogP contribution in [0.1, 0.15) is 4.88 Å². The van der Waals surface area contributed by atoms with Gasteiger partial charge in [-0.25, -0.2) is 0 Å². The van der Waals surface area contributed by atoms with Gasteiger partial charge in [-0.15, -0.1) is 17.8 Å². The van der Waals surface area contributed by atoms with Gasteiger partial charge in [-0.05, 0) is 29.6 Å². The zero-order valence-electron chi connectivity index (χ0n) is 12.5. The molecular weight excluding hydrogens is 328 g/mol. The number of benzene rings is 1. The molecule has 0 aliphatic heterocycles. The van der Waals surface area contributed by atoms with E-state index in [4.69, 9.17) is 11.2 Å². The summed E-state index contributed by atoms with van der Waals surface area (Å²) < 4.78 is 8.11. The largest absolute Gasteiger partial charge is 0.497 e. The summed E-state index contributed by atoms with van der Waals surface area (Å²) in [6, 6.07) is 9.60. The molecule has 0 bridgehead atoms. The number of terminal acetylenes is 1. The summed E-state index contributed by atoms with van der Waals surface area (Å²) in [7, 11) is 1.63. The molecule has 0 saturated carbocycles. The molecule has 6 heteroatoms. The third-order valence-corrected chi connectivity index (χ3v) is 5.18. The highest BCUT2D eigenvalue weighted by Crippen LogP contribution is 2.23. The molecular formula is C17H14N2O2S2. The van der Waals surface area contributed by atoms with Crippen molar-refractivity contribution in [1.29, 1.82) is 0 Å². The minimum Gasteiger partial charge on any atom is -0.497 e. The third kappa shape index (κ3) is 3.36. The fraction of sp³-hybridized carbons (Fsp3) is 0.176. The van der Waals surface area contributed by atoms with Crippen molar-refractivity contribution in [3.8, 4) is 18.1 Å². The third-order valence-electron chi connectivity index (χ3n) is 3.27. The fourth-order valence-electron chi connectivity index (χ4n) is 2.22. The van der Waals surface area contributed by atoms with Crippen LogP contribution < -0.4 is 9.54 Å². The number of amides is 1. The number of aromatic nitrogens is 1. The molecule has 0 spiro atoms. The molecule has 0 aliphatic carbocycles. The summed E-state index contributed by atoms with van der Waals surface area (Å²) in [6.07, 6.45) is 5.77. The smallest absolute Gasteiger partial charge is 0.253 e. The predicted molar refractivity (Wildman–Crippen MR) is 93.8 cm³/mol. The summed E-state index contributed by atoms with van der Waals surface area (Å²) in [4.78, 5) is 18.1. The highest BCUT2D eigenvalue weighted by atomic mass is 32.1. The van der Waals surface area contributed by atoms with Gasteiger partial charge in [0.1, 0.15) is 5.75 Å². The molecule has 0 aliphatic rings. The van der Waals surface area contributed by atoms with E-state index in [2.05, 4.69) is 10.9 Å². The maximum Gasteiger partial charge on any atom is 0.253 e. The maximum absolute atomic E-state index is 12.2. The van der Waals surface area contributed by atoms with E-state index >= 15 is 0 Å². The number of fused-ring (bicyclic) bond motifs is 1. The summed E-state index contributed by atoms with van der Waals surface area (Å²) >= 11 is 2.99. The number of nitrogens with zero attached hydrogens (tertiary/aromatic N) is 2. The average Bonchev–Trinajstić information content (AvgIpc) is 3.15. The topological polar surface area (TPSA) is 43.6 Å². The van der Waals surface area contributed by atoms with Gasteiger partial charge in [0, 0.05) is 4.88 Å². The lowest BCUT2D eigenvalue weighted by atomic mass is 10.3. The first kappa shape index (κ1) is 15.5. The van der Waals surface area contributed by atoms with Crippen molar-refractivity contribution in [2.45, 2.75) is 13.0 Å². The van der Waals surface area contributed by atoms with E-state index < -0.39 is 0 Å². The van der Waals surface area contributed by atoms with E-state index in [9.17, 15) is 4.79 Å². The van der Waals surface area contributed by atoms with Crippen LogP contribution >= 0.6 is 22.7 Å². The molecule has 0 unspecified atom stereocenters. The SMILES string of the molecule is C#CCn1c(=NC(=O)Cc2cccs2)sc2cc(OC)ccc21. The normalized spacial score (nSPS) is 11.6. The predicted octanol–water partition coefficient (Wildman–Crippen LogP) is 3.08. The van der Waals surface area contributed by atoms with Gasteiger partial charge < -0.3 is 9.30 Å². The van der Waals surface area contributed by atoms with Crippen LogP contribution in [0.4, 0.5) is 0 Å². The van der Waals surface area contributed by atoms with Crippen molar-refractivity contribution in [3.05, 3.63) is 45.4 Å². The van der Waals surface area contributed by atoms with Gasteiger partial charge in [-0.2, -0.15) is 4.99 Å². The van der Waals surface area contributed by atoms with E-state index in [-0.39, 0.29) is 5.91 Å². The van der Waals surface area contributed by atoms with Crippen LogP contribution in [0.15, 0.2) is 40.7 Å². The number of rotatable bonds is 4. The number of thiazole rings is 1. The number of hydrogen-bond acceptors (Lipinski definition) is 4. The van der Waals surface area contributed by atoms with Crippen LogP contribution in [0.2, 0.25) is 0 Å². The molecule has 0 N–H and O–H groups in total. The molecule has 1 amide bonds. The van der Waals surface area contributed by atoms with Crippen LogP contribution in [0, 0.1) is 12.3 Å². The average molecular weight is 342 g/mol. The molecule has 4 nitrogen and oxygen atoms in total. The van der Waals surface area contributed by atoms with Crippen molar-refractivity contribution in [1.82, 2.24) is 4.57 Å². The zero-order valence-corrected chi connectivity index (χ0v) is 14.1. The van der Waals surface area contributed by atoms with Gasteiger partial charge in [0.25, 0.3) is 5.91 Å². The van der Waals surface area contributed by atoms with E-state index in [0.717, 1.165) is 20.8 Å². The van der Waals surface area contributed by atoms with Gasteiger partial charge in [0.15, 0.2) is 4.80 Å². The standard InChI is InChI=1S/C17H14N2O2S2/c1-3-8-19-14-7-6-12(21-2)10-15(14)23-17(19)18-16(20)11-13-5-4-9-22-13/h1,4-7,9-10H,8,11H2,2H3. The molecule has 0 saturated heterocycles. The Kier molecular flexibility index (Phi) is 4.60. The first-order chi connectivity index (χ1) is 11.2. The fourth-order valence-corrected chi connectivity index (χ4v) is 3.99. The molecule has 23 heavy (non-hydrogen) atoms. The van der Waals surface area contributed by atoms with E-state index in [1.54, 1.807) is 18.4 Å². The Morgan fingerprint density at radius 3 is 3.00 bits per heavy atom. The van der Waals surface area contributed by atoms with Crippen LogP contribution in [-0.2, 0) is 17.8 Å². The van der Waals surface area contributed by atoms with Crippen molar-refractivity contribution in [2.75, 3.05) is 7.11 Å². The number of carbonyl (C=O) groups is 1. The van der Waals surface area contributed by atoms with E-state index in [1.165, 1.54) is 11.3 Å². The van der Waals surface area contributed by atoms with E-state index in [1.807, 2.05) is 40.3 Å². The molecule has 3 aromatic rings. The van der Waals surface area contributed by atoms with E-state index in [0.29, 0.717) is 17.8 Å². The highest BCUT2D eigenvalue weighted by Gasteiger charge is 2.09. The van der Waals surface area contributed by atoms with Gasteiger partial charge in [-0.1, -0.05) is 23.3 Å². The van der Waals surface area contributed by atoms with Gasteiger partial charge >= 0.3 is 0 Å². The molecule has 2 heterocycles. The molecule has 0 radical (unpaired) electrons. The number of thiophene rings is 1. The van der Waals surface area contributed by atoms with Gasteiger partial charge in [-0.3, -0.25) is 4.79 Å². The lowest BCUT2D eigenvalue weighted by Crippen LogP contribution is -2.16. The summed E-state index contributed by atoms with van der Waals surface area (Å²) in [5, 5.41) is 1.95. The van der Waals surface area contributed by atoms with Crippen LogP contribution in [-0.4, -0.2) is 17.6 Å². The molecule has 1 aromatic carbocycles. The first-order valence-electron chi connectivity index (χ1n) is 6.92. The Balaban J connectivity index is 2.04. The summed E-state index contributed by atoms with van der Waals surface area (Å²) in [6.45, 7) is 0.372. The molecule has 0 fully saturated rings. The summed E-state index contributed by atoms with van der Waals surface area (Å²) in [5.74, 6) is 3.22. The van der Waals surface area contributed by atoms with Gasteiger partial charge in [0.2, 0.25) is 0 Å². The zero-order chi connectivity index (χ0) is 16.2. The van der Waals surface area contributed by atoms with Crippen LogP contribution in [0.3, 0.4) is 0 Å². The molecule has 0 atom stereocenters. The van der Waals surface area contributed by atoms with Crippen LogP contribution in [0.5, 0.6) is 5.75 Å². The Morgan fingerprint density at radius 1 is 1.43 bits per heavy atom. The van der Waals surface area contributed by atoms with Crippen molar-refractivity contribution in [2.24, 2.45) is 4.99 Å². The maximum atomic E-state index is 12.2. The van der Waals surface area contributed by atoms with Crippen molar-refractivity contribution >= 4 is 38.8 Å². The highest BCUT2D eigenvalue weighted by molar-refractivity contribution is 7.16. The second-order valence-corrected chi connectivity index (χ2v) is 6.81. The Bertz CT molecular complexity index is 943. The molecule has 3 rings (SSSR count). The minimum atomic E-state index is -0.170. The second-order valence-electron chi connectivity index (χ2n) is 4.77. The number of carbonyl (C=O) groups excluding carboxylic acids is 1. The Hall–Kier alpha value is -2.36. The summed E-state index contributed by atoms with van der Waals surface area (Å²) in [5.41, 5.74) is 0.955. The number of hydrogen-bond donors (Lipinski definition) is 0. The lowest BCUT2D eigenvalue weighted by molar-refractivity contribution is -0.117. The van der Waals surface area contributed by atoms with Crippen molar-refractivity contribution in [3.63, 3.8) is 0 Å². The Labute approximate surface area is 141 Å². The minimum absolute atomic E-state index is 0.170. The number of methoxy groups -OCH3 is 1. The monoisotopic (exact) mass is 342 g/mol. The quantitative estimate of drug-likeness (QED) is 0.684. The van der Waals surface area contributed by atoms with Gasteiger partial charge in [0.05, 0.1) is 30.3 Å². The second kappa shape index (κ2) is 6.82. The molecule has 2 aromatic heterocycles. The van der Waals surface area contributed by atoms with Crippen LogP contribution in [0.25, 0.3) is 10.2 Å². The lowest BCUT2D eigenvalue weighted by Gasteiger charge is -2.01.